The minimum absolute atomic E-state index is 0.00351. The summed E-state index contributed by atoms with van der Waals surface area (Å²) in [6, 6.07) is -0.594. The molecule has 2 amide bonds. The van der Waals surface area contributed by atoms with Gasteiger partial charge in [0, 0.05) is 24.7 Å². The number of carbonyl (C=O) groups is 2. The Bertz CT molecular complexity index is 965. The summed E-state index contributed by atoms with van der Waals surface area (Å²) in [6.45, 7) is 3.85. The molecular weight excluding hydrogens is 505 g/mol. The molecule has 6 rings (SSSR count). The third kappa shape index (κ3) is 6.41. The van der Waals surface area contributed by atoms with E-state index in [1.165, 1.54) is 25.5 Å². The van der Waals surface area contributed by atoms with Crippen LogP contribution in [0.25, 0.3) is 0 Å². The molecule has 1 aliphatic heterocycles. The molecule has 2 heterocycles. The van der Waals surface area contributed by atoms with Gasteiger partial charge in [-0.2, -0.15) is 13.2 Å². The molecule has 5 aliphatic rings. The second kappa shape index (κ2) is 10.4. The first kappa shape index (κ1) is 26.7. The molecule has 7 nitrogen and oxygen atoms in total. The standard InChI is InChI=1S/C26H37F3N4O3S/c1-15(21-12-30-24(37-21)36-14-26(27,28)29)31-22(34)8-17-3-4-33(13-17)16(2)23(35)32-25-9-18-5-19(10-25)7-20(6-18)11-25/h12,15-20H,3-11,13-14H2,1-2H3,(H,31,34)(H,32,35)/t15-,16?,17-,18?,19?,20?,25?/m1/s1. The van der Waals surface area contributed by atoms with E-state index in [1.54, 1.807) is 6.92 Å². The minimum atomic E-state index is -4.42. The molecule has 206 valence electrons. The molecule has 11 heteroatoms. The van der Waals surface area contributed by atoms with Gasteiger partial charge < -0.3 is 15.4 Å². The van der Waals surface area contributed by atoms with Gasteiger partial charge in [0.15, 0.2) is 6.61 Å². The molecule has 5 fully saturated rings. The molecule has 1 aromatic rings. The largest absolute Gasteiger partial charge is 0.460 e. The minimum Gasteiger partial charge on any atom is -0.460 e. The fourth-order valence-electron chi connectivity index (χ4n) is 7.49. The number of hydrogen-bond donors (Lipinski definition) is 2. The molecule has 37 heavy (non-hydrogen) atoms. The number of ether oxygens (including phenoxy) is 1. The van der Waals surface area contributed by atoms with Crippen LogP contribution in [0, 0.1) is 23.7 Å². The molecule has 1 saturated heterocycles. The van der Waals surface area contributed by atoms with E-state index in [9.17, 15) is 22.8 Å². The first-order valence-electron chi connectivity index (χ1n) is 13.5. The van der Waals surface area contributed by atoms with Crippen molar-refractivity contribution in [3.05, 3.63) is 11.1 Å². The summed E-state index contributed by atoms with van der Waals surface area (Å²) in [7, 11) is 0. The number of amides is 2. The van der Waals surface area contributed by atoms with E-state index in [4.69, 9.17) is 0 Å². The van der Waals surface area contributed by atoms with Gasteiger partial charge in [0.2, 0.25) is 11.8 Å². The Morgan fingerprint density at radius 2 is 1.84 bits per heavy atom. The summed E-state index contributed by atoms with van der Waals surface area (Å²) in [5.74, 6) is 2.51. The molecule has 0 spiro atoms. The predicted molar refractivity (Wildman–Crippen MR) is 133 cm³/mol. The first-order valence-corrected chi connectivity index (χ1v) is 14.3. The SMILES string of the molecule is CC(C(=O)NC12CC3CC(CC(C3)C1)C2)N1CC[C@H](CC(=O)N[C@H](C)c2cnc(OCC(F)(F)F)s2)C1. The van der Waals surface area contributed by atoms with Crippen LogP contribution >= 0.6 is 11.3 Å². The summed E-state index contributed by atoms with van der Waals surface area (Å²) in [5.41, 5.74) is 0.00351. The number of hydrogen-bond acceptors (Lipinski definition) is 6. The maximum absolute atomic E-state index is 13.2. The number of nitrogens with zero attached hydrogens (tertiary/aromatic N) is 2. The normalized spacial score (nSPS) is 32.8. The monoisotopic (exact) mass is 542 g/mol. The van der Waals surface area contributed by atoms with Crippen molar-refractivity contribution in [1.29, 1.82) is 0 Å². The number of thiazole rings is 1. The summed E-state index contributed by atoms with van der Waals surface area (Å²) in [6.07, 6.45) is 5.64. The number of carbonyl (C=O) groups excluding carboxylic acids is 2. The number of likely N-dealkylation sites (tertiary alicyclic amines) is 1. The molecule has 2 N–H and O–H groups in total. The van der Waals surface area contributed by atoms with Crippen molar-refractivity contribution in [2.75, 3.05) is 19.7 Å². The number of halogens is 3. The lowest BCUT2D eigenvalue weighted by molar-refractivity contribution is -0.153. The van der Waals surface area contributed by atoms with Crippen molar-refractivity contribution in [1.82, 2.24) is 20.5 Å². The van der Waals surface area contributed by atoms with Crippen LogP contribution < -0.4 is 15.4 Å². The molecule has 0 aromatic carbocycles. The van der Waals surface area contributed by atoms with Crippen molar-refractivity contribution in [3.8, 4) is 5.19 Å². The van der Waals surface area contributed by atoms with E-state index in [0.717, 1.165) is 61.3 Å². The van der Waals surface area contributed by atoms with Gasteiger partial charge in [0.1, 0.15) is 0 Å². The first-order chi connectivity index (χ1) is 17.5. The van der Waals surface area contributed by atoms with Crippen LogP contribution in [0.3, 0.4) is 0 Å². The van der Waals surface area contributed by atoms with Crippen LogP contribution in [-0.2, 0) is 9.59 Å². The van der Waals surface area contributed by atoms with Crippen LogP contribution in [-0.4, -0.2) is 59.2 Å². The van der Waals surface area contributed by atoms with Gasteiger partial charge in [-0.25, -0.2) is 4.98 Å². The number of aromatic nitrogens is 1. The lowest BCUT2D eigenvalue weighted by Gasteiger charge is -2.57. The highest BCUT2D eigenvalue weighted by Crippen LogP contribution is 2.55. The second-order valence-electron chi connectivity index (χ2n) is 11.9. The van der Waals surface area contributed by atoms with Gasteiger partial charge in [-0.3, -0.25) is 14.5 Å². The average Bonchev–Trinajstić information content (AvgIpc) is 3.45. The molecular formula is C26H37F3N4O3S. The summed E-state index contributed by atoms with van der Waals surface area (Å²) in [4.78, 5) is 32.6. The quantitative estimate of drug-likeness (QED) is 0.482. The van der Waals surface area contributed by atoms with Crippen LogP contribution in [0.15, 0.2) is 6.20 Å². The molecule has 4 aliphatic carbocycles. The average molecular weight is 543 g/mol. The van der Waals surface area contributed by atoms with E-state index < -0.39 is 12.8 Å². The molecule has 4 saturated carbocycles. The Labute approximate surface area is 219 Å². The number of nitrogens with one attached hydrogen (secondary N) is 2. The van der Waals surface area contributed by atoms with E-state index in [-0.39, 0.29) is 40.5 Å². The van der Waals surface area contributed by atoms with Gasteiger partial charge in [0.05, 0.1) is 17.0 Å². The zero-order chi connectivity index (χ0) is 26.4. The Morgan fingerprint density at radius 1 is 1.19 bits per heavy atom. The van der Waals surface area contributed by atoms with Crippen molar-refractivity contribution in [2.24, 2.45) is 23.7 Å². The maximum atomic E-state index is 13.2. The van der Waals surface area contributed by atoms with Crippen LogP contribution in [0.5, 0.6) is 5.19 Å². The van der Waals surface area contributed by atoms with Crippen LogP contribution in [0.4, 0.5) is 13.2 Å². The highest BCUT2D eigenvalue weighted by Gasteiger charge is 2.52. The molecule has 3 atom stereocenters. The van der Waals surface area contributed by atoms with Gasteiger partial charge in [-0.15, -0.1) is 0 Å². The van der Waals surface area contributed by atoms with Gasteiger partial charge in [-0.05, 0) is 89.0 Å². The molecule has 0 radical (unpaired) electrons. The zero-order valence-corrected chi connectivity index (χ0v) is 22.3. The van der Waals surface area contributed by atoms with Crippen molar-refractivity contribution in [3.63, 3.8) is 0 Å². The third-order valence-electron chi connectivity index (χ3n) is 8.81. The smallest absolute Gasteiger partial charge is 0.422 e. The van der Waals surface area contributed by atoms with E-state index in [2.05, 4.69) is 25.3 Å². The van der Waals surface area contributed by atoms with Crippen LogP contribution in [0.2, 0.25) is 0 Å². The van der Waals surface area contributed by atoms with Crippen LogP contribution in [0.1, 0.15) is 76.1 Å². The topological polar surface area (TPSA) is 83.6 Å². The second-order valence-corrected chi connectivity index (χ2v) is 13.0. The molecule has 1 unspecified atom stereocenters. The fourth-order valence-corrected chi connectivity index (χ4v) is 8.26. The van der Waals surface area contributed by atoms with E-state index in [1.807, 2.05) is 6.92 Å². The predicted octanol–water partition coefficient (Wildman–Crippen LogP) is 4.45. The van der Waals surface area contributed by atoms with Gasteiger partial charge >= 0.3 is 6.18 Å². The van der Waals surface area contributed by atoms with E-state index >= 15 is 0 Å². The Balaban J connectivity index is 1.06. The highest BCUT2D eigenvalue weighted by atomic mass is 32.1. The Morgan fingerprint density at radius 3 is 2.46 bits per heavy atom. The zero-order valence-electron chi connectivity index (χ0n) is 21.5. The van der Waals surface area contributed by atoms with Crippen molar-refractivity contribution in [2.45, 2.75) is 89.0 Å². The summed E-state index contributed by atoms with van der Waals surface area (Å²) >= 11 is 0.996. The highest BCUT2D eigenvalue weighted by molar-refractivity contribution is 7.13. The maximum Gasteiger partial charge on any atom is 0.422 e. The number of alkyl halides is 3. The molecule has 1 aromatic heterocycles. The van der Waals surface area contributed by atoms with E-state index in [0.29, 0.717) is 17.8 Å². The Hall–Kier alpha value is -1.88. The lowest BCUT2D eigenvalue weighted by Crippen LogP contribution is -2.62. The molecule has 4 bridgehead atoms. The van der Waals surface area contributed by atoms with Gasteiger partial charge in [-0.1, -0.05) is 11.3 Å². The third-order valence-corrected chi connectivity index (χ3v) is 9.90. The van der Waals surface area contributed by atoms with Crippen molar-refractivity contribution < 1.29 is 27.5 Å². The van der Waals surface area contributed by atoms with Crippen molar-refractivity contribution >= 4 is 23.2 Å². The summed E-state index contributed by atoms with van der Waals surface area (Å²) in [5, 5.41) is 6.33. The lowest BCUT2D eigenvalue weighted by atomic mass is 9.53. The van der Waals surface area contributed by atoms with Gasteiger partial charge in [0.25, 0.3) is 5.19 Å². The fraction of sp³-hybridized carbons (Fsp3) is 0.808. The summed E-state index contributed by atoms with van der Waals surface area (Å²) < 4.78 is 41.7. The Kier molecular flexibility index (Phi) is 7.48. The number of rotatable bonds is 9.